The largest absolute Gasteiger partial charge is 0.487 e. The SMILES string of the molecule is c1ccc(COc2cncc(-c3cc(-c4cc5c(-c6ccsc6)cccc5[nH]4)[nH]n3)c2)cc1. The summed E-state index contributed by atoms with van der Waals surface area (Å²) >= 11 is 1.71. The van der Waals surface area contributed by atoms with E-state index in [0.29, 0.717) is 12.4 Å². The Balaban J connectivity index is 1.27. The summed E-state index contributed by atoms with van der Waals surface area (Å²) in [6.45, 7) is 0.499. The normalized spacial score (nSPS) is 11.2. The smallest absolute Gasteiger partial charge is 0.138 e. The molecule has 33 heavy (non-hydrogen) atoms. The molecule has 2 aromatic carbocycles. The standard InChI is InChI=1S/C27H20N4OS/c1-2-5-18(6-3-1)16-32-21-11-20(14-28-15-21)25-13-27(31-30-25)26-12-23-22(19-9-10-33-17-19)7-4-8-24(23)29-26/h1-15,17,29H,16H2,(H,30,31). The van der Waals surface area contributed by atoms with Crippen molar-refractivity contribution in [3.63, 3.8) is 0 Å². The number of fused-ring (bicyclic) bond motifs is 1. The predicted molar refractivity (Wildman–Crippen MR) is 133 cm³/mol. The molecule has 4 heterocycles. The number of nitrogens with zero attached hydrogens (tertiary/aromatic N) is 2. The van der Waals surface area contributed by atoms with Gasteiger partial charge in [0.25, 0.3) is 0 Å². The lowest BCUT2D eigenvalue weighted by Gasteiger charge is -2.06. The Morgan fingerprint density at radius 2 is 1.79 bits per heavy atom. The van der Waals surface area contributed by atoms with E-state index in [4.69, 9.17) is 4.74 Å². The number of thiophene rings is 1. The molecule has 6 heteroatoms. The van der Waals surface area contributed by atoms with Crippen LogP contribution < -0.4 is 4.74 Å². The molecule has 160 valence electrons. The van der Waals surface area contributed by atoms with E-state index in [1.165, 1.54) is 16.5 Å². The first kappa shape index (κ1) is 19.5. The van der Waals surface area contributed by atoms with Gasteiger partial charge >= 0.3 is 0 Å². The minimum atomic E-state index is 0.499. The predicted octanol–water partition coefficient (Wildman–Crippen LogP) is 6.93. The number of benzene rings is 2. The number of pyridine rings is 1. The second-order valence-corrected chi connectivity index (χ2v) is 8.59. The fraction of sp³-hybridized carbons (Fsp3) is 0.0370. The molecule has 6 rings (SSSR count). The Hall–Kier alpha value is -4.16. The Morgan fingerprint density at radius 3 is 2.67 bits per heavy atom. The molecule has 0 atom stereocenters. The van der Waals surface area contributed by atoms with Crippen molar-refractivity contribution in [2.75, 3.05) is 0 Å². The van der Waals surface area contributed by atoms with Crippen LogP contribution in [-0.2, 0) is 6.61 Å². The fourth-order valence-electron chi connectivity index (χ4n) is 3.96. The van der Waals surface area contributed by atoms with Gasteiger partial charge < -0.3 is 9.72 Å². The number of hydrogen-bond acceptors (Lipinski definition) is 4. The van der Waals surface area contributed by atoms with Crippen LogP contribution in [0, 0.1) is 0 Å². The van der Waals surface area contributed by atoms with E-state index in [-0.39, 0.29) is 0 Å². The first-order valence-corrected chi connectivity index (χ1v) is 11.6. The molecule has 0 aliphatic heterocycles. The number of H-pyrrole nitrogens is 2. The fourth-order valence-corrected chi connectivity index (χ4v) is 4.61. The first-order valence-electron chi connectivity index (χ1n) is 10.7. The van der Waals surface area contributed by atoms with Gasteiger partial charge in [0.05, 0.1) is 23.3 Å². The van der Waals surface area contributed by atoms with Crippen LogP contribution in [0.4, 0.5) is 0 Å². The average molecular weight is 449 g/mol. The molecule has 4 aromatic heterocycles. The van der Waals surface area contributed by atoms with Crippen molar-refractivity contribution in [3.05, 3.63) is 102 Å². The molecule has 0 spiro atoms. The van der Waals surface area contributed by atoms with Gasteiger partial charge in [0.1, 0.15) is 12.4 Å². The molecule has 0 aliphatic rings. The zero-order valence-corrected chi connectivity index (χ0v) is 18.5. The van der Waals surface area contributed by atoms with E-state index >= 15 is 0 Å². The Kier molecular flexibility index (Phi) is 4.97. The summed E-state index contributed by atoms with van der Waals surface area (Å²) in [5.74, 6) is 0.715. The van der Waals surface area contributed by atoms with Crippen LogP contribution in [0.25, 0.3) is 44.7 Å². The van der Waals surface area contributed by atoms with Crippen molar-refractivity contribution in [2.45, 2.75) is 6.61 Å². The molecule has 0 saturated heterocycles. The minimum absolute atomic E-state index is 0.499. The zero-order valence-electron chi connectivity index (χ0n) is 17.7. The van der Waals surface area contributed by atoms with E-state index in [9.17, 15) is 0 Å². The molecule has 0 bridgehead atoms. The maximum atomic E-state index is 5.93. The Bertz CT molecular complexity index is 1520. The van der Waals surface area contributed by atoms with E-state index in [2.05, 4.69) is 61.3 Å². The van der Waals surface area contributed by atoms with Crippen molar-refractivity contribution >= 4 is 22.2 Å². The van der Waals surface area contributed by atoms with Gasteiger partial charge in [-0.05, 0) is 57.8 Å². The highest BCUT2D eigenvalue weighted by Gasteiger charge is 2.12. The van der Waals surface area contributed by atoms with Crippen molar-refractivity contribution in [1.29, 1.82) is 0 Å². The number of hydrogen-bond donors (Lipinski definition) is 2. The number of nitrogens with one attached hydrogen (secondary N) is 2. The molecular formula is C27H20N4OS. The van der Waals surface area contributed by atoms with Crippen LogP contribution in [0.1, 0.15) is 5.56 Å². The molecule has 0 aliphatic carbocycles. The molecule has 0 saturated carbocycles. The third-order valence-electron chi connectivity index (χ3n) is 5.62. The number of rotatable bonds is 6. The molecular weight excluding hydrogens is 428 g/mol. The zero-order chi connectivity index (χ0) is 22.0. The topological polar surface area (TPSA) is 66.6 Å². The third-order valence-corrected chi connectivity index (χ3v) is 6.30. The summed E-state index contributed by atoms with van der Waals surface area (Å²) in [5.41, 5.74) is 8.32. The first-order chi connectivity index (χ1) is 16.3. The van der Waals surface area contributed by atoms with E-state index in [0.717, 1.165) is 33.7 Å². The highest BCUT2D eigenvalue weighted by atomic mass is 32.1. The van der Waals surface area contributed by atoms with Gasteiger partial charge in [0, 0.05) is 22.7 Å². The summed E-state index contributed by atoms with van der Waals surface area (Å²) in [5, 5.41) is 13.2. The minimum Gasteiger partial charge on any atom is -0.487 e. The van der Waals surface area contributed by atoms with E-state index in [1.807, 2.05) is 42.5 Å². The van der Waals surface area contributed by atoms with Gasteiger partial charge in [-0.3, -0.25) is 10.1 Å². The molecule has 0 radical (unpaired) electrons. The van der Waals surface area contributed by atoms with Crippen molar-refractivity contribution in [3.8, 4) is 39.5 Å². The maximum absolute atomic E-state index is 5.93. The third kappa shape index (κ3) is 3.92. The summed E-state index contributed by atoms with van der Waals surface area (Å²) in [7, 11) is 0. The highest BCUT2D eigenvalue weighted by molar-refractivity contribution is 7.08. The quantitative estimate of drug-likeness (QED) is 0.290. The Labute approximate surface area is 194 Å². The lowest BCUT2D eigenvalue weighted by molar-refractivity contribution is 0.305. The summed E-state index contributed by atoms with van der Waals surface area (Å²) in [6, 6.07) is 24.8. The molecule has 2 N–H and O–H groups in total. The second kappa shape index (κ2) is 8.41. The molecule has 6 aromatic rings. The van der Waals surface area contributed by atoms with E-state index in [1.54, 1.807) is 23.7 Å². The van der Waals surface area contributed by atoms with Crippen molar-refractivity contribution in [1.82, 2.24) is 20.2 Å². The monoisotopic (exact) mass is 448 g/mol. The van der Waals surface area contributed by atoms with Gasteiger partial charge in [-0.25, -0.2) is 0 Å². The summed E-state index contributed by atoms with van der Waals surface area (Å²) in [4.78, 5) is 7.87. The van der Waals surface area contributed by atoms with E-state index < -0.39 is 0 Å². The summed E-state index contributed by atoms with van der Waals surface area (Å²) < 4.78 is 5.93. The van der Waals surface area contributed by atoms with Crippen LogP contribution >= 0.6 is 11.3 Å². The average Bonchev–Trinajstić information content (AvgIpc) is 3.63. The Morgan fingerprint density at radius 1 is 0.848 bits per heavy atom. The second-order valence-electron chi connectivity index (χ2n) is 7.81. The van der Waals surface area contributed by atoms with Gasteiger partial charge in [0.15, 0.2) is 0 Å². The van der Waals surface area contributed by atoms with Crippen LogP contribution in [-0.4, -0.2) is 20.2 Å². The summed E-state index contributed by atoms with van der Waals surface area (Å²) in [6.07, 6.45) is 3.53. The van der Waals surface area contributed by atoms with Crippen LogP contribution in [0.2, 0.25) is 0 Å². The van der Waals surface area contributed by atoms with Crippen LogP contribution in [0.5, 0.6) is 5.75 Å². The molecule has 5 nitrogen and oxygen atoms in total. The molecule has 0 fully saturated rings. The van der Waals surface area contributed by atoms with Crippen LogP contribution in [0.15, 0.2) is 96.0 Å². The number of ether oxygens (including phenoxy) is 1. The van der Waals surface area contributed by atoms with Gasteiger partial charge in [-0.1, -0.05) is 42.5 Å². The van der Waals surface area contributed by atoms with Crippen molar-refractivity contribution in [2.24, 2.45) is 0 Å². The lowest BCUT2D eigenvalue weighted by Crippen LogP contribution is -1.95. The molecule has 0 amide bonds. The number of aromatic amines is 2. The van der Waals surface area contributed by atoms with Gasteiger partial charge in [-0.2, -0.15) is 16.4 Å². The van der Waals surface area contributed by atoms with Crippen molar-refractivity contribution < 1.29 is 4.74 Å². The van der Waals surface area contributed by atoms with Gasteiger partial charge in [-0.15, -0.1) is 0 Å². The van der Waals surface area contributed by atoms with Gasteiger partial charge in [0.2, 0.25) is 0 Å². The maximum Gasteiger partial charge on any atom is 0.138 e. The van der Waals surface area contributed by atoms with Crippen LogP contribution in [0.3, 0.4) is 0 Å². The molecule has 0 unspecified atom stereocenters. The number of aromatic nitrogens is 4. The lowest BCUT2D eigenvalue weighted by atomic mass is 10.0. The highest BCUT2D eigenvalue weighted by Crippen LogP contribution is 2.33.